The van der Waals surface area contributed by atoms with E-state index in [0.717, 1.165) is 11.3 Å². The number of hydrogen-bond donors (Lipinski definition) is 3. The number of aliphatic hydroxyl groups is 1. The van der Waals surface area contributed by atoms with Crippen LogP contribution in [0.5, 0.6) is 5.75 Å². The molecule has 0 fully saturated rings. The van der Waals surface area contributed by atoms with Crippen LogP contribution in [-0.2, 0) is 0 Å². The first-order chi connectivity index (χ1) is 11.4. The number of carbonyl (C=O) groups excluding carboxylic acids is 1. The number of furan rings is 1. The average molecular weight is 330 g/mol. The number of urea groups is 1. The van der Waals surface area contributed by atoms with Crippen LogP contribution in [0.1, 0.15) is 43.7 Å². The minimum Gasteiger partial charge on any atom is -0.487 e. The van der Waals surface area contributed by atoms with Crippen molar-refractivity contribution in [3.63, 3.8) is 0 Å². The highest BCUT2D eigenvalue weighted by Crippen LogP contribution is 2.39. The predicted molar refractivity (Wildman–Crippen MR) is 88.7 cm³/mol. The zero-order valence-electron chi connectivity index (χ0n) is 13.8. The van der Waals surface area contributed by atoms with Gasteiger partial charge in [-0.2, -0.15) is 0 Å². The van der Waals surface area contributed by atoms with Crippen molar-refractivity contribution in [2.45, 2.75) is 38.0 Å². The van der Waals surface area contributed by atoms with Crippen molar-refractivity contribution in [1.29, 1.82) is 0 Å². The van der Waals surface area contributed by atoms with Crippen LogP contribution in [0, 0.1) is 0 Å². The molecule has 6 nitrogen and oxygen atoms in total. The number of aliphatic hydroxyl groups excluding tert-OH is 1. The maximum atomic E-state index is 12.2. The lowest BCUT2D eigenvalue weighted by Crippen LogP contribution is -2.45. The Bertz CT molecular complexity index is 697. The highest BCUT2D eigenvalue weighted by atomic mass is 16.5. The molecule has 1 aliphatic heterocycles. The van der Waals surface area contributed by atoms with Gasteiger partial charge in [0.15, 0.2) is 0 Å². The van der Waals surface area contributed by atoms with Gasteiger partial charge in [0.2, 0.25) is 0 Å². The molecule has 6 heteroatoms. The van der Waals surface area contributed by atoms with E-state index >= 15 is 0 Å². The summed E-state index contributed by atoms with van der Waals surface area (Å²) < 4.78 is 11.1. The number of nitrogens with one attached hydrogen (secondary N) is 2. The van der Waals surface area contributed by atoms with E-state index in [0.29, 0.717) is 12.2 Å². The van der Waals surface area contributed by atoms with Crippen LogP contribution in [0.3, 0.4) is 0 Å². The van der Waals surface area contributed by atoms with Crippen LogP contribution in [0.25, 0.3) is 0 Å². The molecule has 3 N–H and O–H groups in total. The molecule has 0 aliphatic carbocycles. The molecule has 0 saturated carbocycles. The smallest absolute Gasteiger partial charge is 0.315 e. The minimum absolute atomic E-state index is 0.0770. The van der Waals surface area contributed by atoms with Gasteiger partial charge in [0.1, 0.15) is 23.2 Å². The van der Waals surface area contributed by atoms with Gasteiger partial charge in [0.05, 0.1) is 18.8 Å². The summed E-state index contributed by atoms with van der Waals surface area (Å²) in [6.45, 7) is 4.07. The van der Waals surface area contributed by atoms with Crippen molar-refractivity contribution in [1.82, 2.24) is 10.6 Å². The topological polar surface area (TPSA) is 83.7 Å². The summed E-state index contributed by atoms with van der Waals surface area (Å²) in [7, 11) is 0. The van der Waals surface area contributed by atoms with Gasteiger partial charge in [-0.15, -0.1) is 0 Å². The molecular weight excluding hydrogens is 308 g/mol. The number of ether oxygens (including phenoxy) is 1. The number of amides is 2. The molecule has 0 radical (unpaired) electrons. The van der Waals surface area contributed by atoms with Gasteiger partial charge in [-0.1, -0.05) is 18.2 Å². The van der Waals surface area contributed by atoms with E-state index in [1.54, 1.807) is 12.1 Å². The largest absolute Gasteiger partial charge is 0.487 e. The third-order valence-corrected chi connectivity index (χ3v) is 4.01. The molecule has 1 aliphatic rings. The first kappa shape index (κ1) is 16.4. The summed E-state index contributed by atoms with van der Waals surface area (Å²) in [6.07, 6.45) is 1.28. The Morgan fingerprint density at radius 2 is 2.12 bits per heavy atom. The van der Waals surface area contributed by atoms with E-state index in [-0.39, 0.29) is 24.2 Å². The molecule has 1 aromatic carbocycles. The highest BCUT2D eigenvalue weighted by Gasteiger charge is 2.34. The maximum absolute atomic E-state index is 12.2. The van der Waals surface area contributed by atoms with Gasteiger partial charge in [0.25, 0.3) is 0 Å². The van der Waals surface area contributed by atoms with Crippen LogP contribution in [0.2, 0.25) is 0 Å². The van der Waals surface area contributed by atoms with Gasteiger partial charge >= 0.3 is 6.03 Å². The summed E-state index contributed by atoms with van der Waals surface area (Å²) in [4.78, 5) is 12.2. The zero-order valence-corrected chi connectivity index (χ0v) is 13.8. The molecular formula is C18H22N2O4. The van der Waals surface area contributed by atoms with Crippen molar-refractivity contribution in [3.05, 3.63) is 54.0 Å². The summed E-state index contributed by atoms with van der Waals surface area (Å²) in [5.41, 5.74) is 0.596. The van der Waals surface area contributed by atoms with Gasteiger partial charge < -0.3 is 24.9 Å². The number of benzene rings is 1. The summed E-state index contributed by atoms with van der Waals surface area (Å²) >= 11 is 0. The van der Waals surface area contributed by atoms with Crippen molar-refractivity contribution >= 4 is 6.03 Å². The fourth-order valence-corrected chi connectivity index (χ4v) is 2.91. The second-order valence-corrected chi connectivity index (χ2v) is 6.54. The van der Waals surface area contributed by atoms with E-state index in [4.69, 9.17) is 9.15 Å². The Morgan fingerprint density at radius 3 is 2.88 bits per heavy atom. The summed E-state index contributed by atoms with van der Waals surface area (Å²) in [5.74, 6) is 1.21. The molecule has 1 aromatic heterocycles. The second-order valence-electron chi connectivity index (χ2n) is 6.54. The zero-order chi connectivity index (χ0) is 17.2. The van der Waals surface area contributed by atoms with Crippen molar-refractivity contribution in [2.75, 3.05) is 6.54 Å². The Hall–Kier alpha value is -2.47. The fourth-order valence-electron chi connectivity index (χ4n) is 2.91. The fraction of sp³-hybridized carbons (Fsp3) is 0.389. The van der Waals surface area contributed by atoms with E-state index in [2.05, 4.69) is 10.6 Å². The van der Waals surface area contributed by atoms with E-state index in [9.17, 15) is 9.90 Å². The normalized spacial score (nSPS) is 19.7. The van der Waals surface area contributed by atoms with Crippen LogP contribution in [0.4, 0.5) is 4.79 Å². The van der Waals surface area contributed by atoms with Crippen LogP contribution < -0.4 is 15.4 Å². The number of hydrogen-bond acceptors (Lipinski definition) is 4. The summed E-state index contributed by atoms with van der Waals surface area (Å²) in [6, 6.07) is 10.6. The standard InChI is InChI=1S/C18H22N2O4/c1-18(2)10-13(12-6-3-4-7-15(12)24-18)20-17(22)19-11-14(21)16-8-5-9-23-16/h3-9,13-14,21H,10-11H2,1-2H3,(H2,19,20,22). The number of rotatable bonds is 4. The van der Waals surface area contributed by atoms with E-state index in [1.165, 1.54) is 6.26 Å². The number of carbonyl (C=O) groups is 1. The highest BCUT2D eigenvalue weighted by molar-refractivity contribution is 5.74. The van der Waals surface area contributed by atoms with Gasteiger partial charge in [-0.25, -0.2) is 4.79 Å². The Labute approximate surface area is 140 Å². The number of para-hydroxylation sites is 1. The van der Waals surface area contributed by atoms with Crippen molar-refractivity contribution in [2.24, 2.45) is 0 Å². The van der Waals surface area contributed by atoms with Gasteiger partial charge in [-0.3, -0.25) is 0 Å². The third kappa shape index (κ3) is 3.71. The first-order valence-electron chi connectivity index (χ1n) is 7.98. The average Bonchev–Trinajstić information content (AvgIpc) is 3.06. The van der Waals surface area contributed by atoms with Crippen LogP contribution >= 0.6 is 0 Å². The predicted octanol–water partition coefficient (Wildman–Crippen LogP) is 2.91. The Balaban J connectivity index is 1.62. The van der Waals surface area contributed by atoms with Crippen molar-refractivity contribution < 1.29 is 19.1 Å². The Morgan fingerprint density at radius 1 is 1.33 bits per heavy atom. The molecule has 0 spiro atoms. The lowest BCUT2D eigenvalue weighted by molar-refractivity contribution is 0.0676. The number of fused-ring (bicyclic) bond motifs is 1. The van der Waals surface area contributed by atoms with E-state index in [1.807, 2.05) is 38.1 Å². The molecule has 2 atom stereocenters. The second kappa shape index (κ2) is 6.57. The monoisotopic (exact) mass is 330 g/mol. The molecule has 2 unspecified atom stereocenters. The van der Waals surface area contributed by atoms with Crippen LogP contribution in [-0.4, -0.2) is 23.3 Å². The molecule has 0 bridgehead atoms. The molecule has 0 saturated heterocycles. The third-order valence-electron chi connectivity index (χ3n) is 4.01. The molecule has 128 valence electrons. The molecule has 3 rings (SSSR count). The van der Waals surface area contributed by atoms with Gasteiger partial charge in [0, 0.05) is 12.0 Å². The Kier molecular flexibility index (Phi) is 4.49. The van der Waals surface area contributed by atoms with Gasteiger partial charge in [-0.05, 0) is 32.0 Å². The lowest BCUT2D eigenvalue weighted by atomic mass is 9.90. The molecule has 24 heavy (non-hydrogen) atoms. The minimum atomic E-state index is -0.871. The molecule has 2 aromatic rings. The first-order valence-corrected chi connectivity index (χ1v) is 7.98. The summed E-state index contributed by atoms with van der Waals surface area (Å²) in [5, 5.41) is 15.6. The maximum Gasteiger partial charge on any atom is 0.315 e. The lowest BCUT2D eigenvalue weighted by Gasteiger charge is -2.37. The molecule has 2 amide bonds. The quantitative estimate of drug-likeness (QED) is 0.805. The SMILES string of the molecule is CC1(C)CC(NC(=O)NCC(O)c2ccco2)c2ccccc2O1. The van der Waals surface area contributed by atoms with Crippen molar-refractivity contribution in [3.8, 4) is 5.75 Å². The van der Waals surface area contributed by atoms with E-state index < -0.39 is 6.10 Å². The molecule has 2 heterocycles. The van der Waals surface area contributed by atoms with Crippen LogP contribution in [0.15, 0.2) is 47.1 Å².